The van der Waals surface area contributed by atoms with Crippen molar-refractivity contribution < 1.29 is 4.74 Å². The number of hydrogen-bond acceptors (Lipinski definition) is 2. The zero-order valence-corrected chi connectivity index (χ0v) is 11.0. The van der Waals surface area contributed by atoms with Crippen LogP contribution in [0.3, 0.4) is 0 Å². The first-order chi connectivity index (χ1) is 8.27. The predicted molar refractivity (Wildman–Crippen MR) is 70.4 cm³/mol. The Morgan fingerprint density at radius 2 is 2.00 bits per heavy atom. The van der Waals surface area contributed by atoms with Gasteiger partial charge in [0, 0.05) is 11.1 Å². The van der Waals surface area contributed by atoms with Crippen LogP contribution in [0.5, 0.6) is 5.75 Å². The summed E-state index contributed by atoms with van der Waals surface area (Å²) in [6, 6.07) is 7.19. The topological polar surface area (TPSA) is 33.0 Å². The molecular formula is C14H18ClNO. The molecule has 0 radical (unpaired) electrons. The van der Waals surface area contributed by atoms with Crippen LogP contribution in [0.2, 0.25) is 5.02 Å². The van der Waals surface area contributed by atoms with Crippen molar-refractivity contribution in [3.8, 4) is 11.8 Å². The second-order valence-corrected chi connectivity index (χ2v) is 4.45. The highest BCUT2D eigenvalue weighted by Gasteiger charge is 2.03. The summed E-state index contributed by atoms with van der Waals surface area (Å²) in [6.07, 6.45) is 5.97. The highest BCUT2D eigenvalue weighted by molar-refractivity contribution is 6.30. The largest absolute Gasteiger partial charge is 0.492 e. The number of nitrogens with zero attached hydrogens (tertiary/aromatic N) is 1. The third-order valence-corrected chi connectivity index (χ3v) is 2.80. The fraction of sp³-hybridized carbons (Fsp3) is 0.500. The first-order valence-corrected chi connectivity index (χ1v) is 6.48. The van der Waals surface area contributed by atoms with Crippen LogP contribution in [-0.4, -0.2) is 6.61 Å². The molecule has 0 saturated heterocycles. The van der Waals surface area contributed by atoms with Gasteiger partial charge in [-0.05, 0) is 18.6 Å². The maximum Gasteiger partial charge on any atom is 0.138 e. The van der Waals surface area contributed by atoms with E-state index in [4.69, 9.17) is 21.6 Å². The van der Waals surface area contributed by atoms with Gasteiger partial charge in [0.1, 0.15) is 11.8 Å². The number of halogens is 1. The van der Waals surface area contributed by atoms with Crippen molar-refractivity contribution in [3.05, 3.63) is 28.8 Å². The lowest BCUT2D eigenvalue weighted by molar-refractivity contribution is 0.304. The van der Waals surface area contributed by atoms with Gasteiger partial charge in [-0.1, -0.05) is 44.2 Å². The lowest BCUT2D eigenvalue weighted by atomic mass is 10.2. The summed E-state index contributed by atoms with van der Waals surface area (Å²) in [7, 11) is 0. The molecule has 0 unspecified atom stereocenters. The van der Waals surface area contributed by atoms with Crippen LogP contribution >= 0.6 is 11.6 Å². The lowest BCUT2D eigenvalue weighted by Gasteiger charge is -2.07. The first-order valence-electron chi connectivity index (χ1n) is 6.10. The van der Waals surface area contributed by atoms with E-state index in [0.717, 1.165) is 6.42 Å². The molecule has 0 fully saturated rings. The standard InChI is InChI=1S/C14H18ClNO/c1-2-3-4-5-6-9-17-14-10-13(15)8-7-12(14)11-16/h7-8,10H,2-6,9H2,1H3. The normalized spacial score (nSPS) is 9.94. The minimum Gasteiger partial charge on any atom is -0.492 e. The van der Waals surface area contributed by atoms with Gasteiger partial charge in [0.15, 0.2) is 0 Å². The summed E-state index contributed by atoms with van der Waals surface area (Å²) in [4.78, 5) is 0. The number of nitriles is 1. The predicted octanol–water partition coefficient (Wildman–Crippen LogP) is 4.56. The van der Waals surface area contributed by atoms with Gasteiger partial charge in [-0.25, -0.2) is 0 Å². The Balaban J connectivity index is 2.36. The van der Waals surface area contributed by atoms with Crippen LogP contribution in [-0.2, 0) is 0 Å². The molecule has 0 aromatic heterocycles. The lowest BCUT2D eigenvalue weighted by Crippen LogP contribution is -1.99. The molecule has 0 aliphatic heterocycles. The summed E-state index contributed by atoms with van der Waals surface area (Å²) < 4.78 is 5.58. The van der Waals surface area contributed by atoms with E-state index in [1.54, 1.807) is 18.2 Å². The molecule has 17 heavy (non-hydrogen) atoms. The average Bonchev–Trinajstić information content (AvgIpc) is 2.34. The van der Waals surface area contributed by atoms with Crippen molar-refractivity contribution in [1.29, 1.82) is 5.26 Å². The summed E-state index contributed by atoms with van der Waals surface area (Å²) in [5.74, 6) is 0.593. The van der Waals surface area contributed by atoms with E-state index in [1.807, 2.05) is 0 Å². The number of ether oxygens (including phenoxy) is 1. The molecule has 0 bridgehead atoms. The van der Waals surface area contributed by atoms with Crippen molar-refractivity contribution in [2.45, 2.75) is 39.0 Å². The van der Waals surface area contributed by atoms with E-state index in [2.05, 4.69) is 13.0 Å². The Morgan fingerprint density at radius 1 is 1.24 bits per heavy atom. The molecule has 0 heterocycles. The number of benzene rings is 1. The Bertz CT molecular complexity index is 384. The Hall–Kier alpha value is -1.20. The van der Waals surface area contributed by atoms with Gasteiger partial charge in [-0.3, -0.25) is 0 Å². The molecule has 1 aromatic carbocycles. The molecule has 0 spiro atoms. The summed E-state index contributed by atoms with van der Waals surface area (Å²) in [5.41, 5.74) is 0.544. The van der Waals surface area contributed by atoms with Crippen LogP contribution in [0.4, 0.5) is 0 Å². The van der Waals surface area contributed by atoms with Gasteiger partial charge in [0.25, 0.3) is 0 Å². The minimum absolute atomic E-state index is 0.544. The molecule has 3 heteroatoms. The SMILES string of the molecule is CCCCCCCOc1cc(Cl)ccc1C#N. The molecule has 2 nitrogen and oxygen atoms in total. The van der Waals surface area contributed by atoms with Crippen molar-refractivity contribution in [2.24, 2.45) is 0 Å². The molecular weight excluding hydrogens is 234 g/mol. The Kier molecular flexibility index (Phi) is 6.50. The molecule has 92 valence electrons. The maximum atomic E-state index is 8.91. The van der Waals surface area contributed by atoms with E-state index >= 15 is 0 Å². The van der Waals surface area contributed by atoms with Gasteiger partial charge >= 0.3 is 0 Å². The molecule has 0 atom stereocenters. The molecule has 0 amide bonds. The maximum absolute atomic E-state index is 8.91. The smallest absolute Gasteiger partial charge is 0.138 e. The fourth-order valence-electron chi connectivity index (χ4n) is 1.60. The molecule has 1 rings (SSSR count). The van der Waals surface area contributed by atoms with Gasteiger partial charge in [0.2, 0.25) is 0 Å². The third-order valence-electron chi connectivity index (χ3n) is 2.57. The molecule has 0 saturated carbocycles. The van der Waals surface area contributed by atoms with E-state index in [9.17, 15) is 0 Å². The average molecular weight is 252 g/mol. The van der Waals surface area contributed by atoms with Gasteiger partial charge < -0.3 is 4.74 Å². The van der Waals surface area contributed by atoms with Crippen LogP contribution in [0.25, 0.3) is 0 Å². The van der Waals surface area contributed by atoms with Crippen molar-refractivity contribution in [1.82, 2.24) is 0 Å². The quantitative estimate of drug-likeness (QED) is 0.666. The molecule has 0 aliphatic carbocycles. The minimum atomic E-state index is 0.544. The van der Waals surface area contributed by atoms with Crippen LogP contribution < -0.4 is 4.74 Å². The first kappa shape index (κ1) is 13.9. The highest BCUT2D eigenvalue weighted by atomic mass is 35.5. The van der Waals surface area contributed by atoms with Gasteiger partial charge in [-0.15, -0.1) is 0 Å². The summed E-state index contributed by atoms with van der Waals surface area (Å²) >= 11 is 5.87. The van der Waals surface area contributed by atoms with Crippen LogP contribution in [0, 0.1) is 11.3 Å². The van der Waals surface area contributed by atoms with E-state index in [0.29, 0.717) is 22.9 Å². The number of rotatable bonds is 7. The Morgan fingerprint density at radius 3 is 2.71 bits per heavy atom. The van der Waals surface area contributed by atoms with E-state index < -0.39 is 0 Å². The summed E-state index contributed by atoms with van der Waals surface area (Å²) in [6.45, 7) is 2.85. The van der Waals surface area contributed by atoms with E-state index in [-0.39, 0.29) is 0 Å². The van der Waals surface area contributed by atoms with Crippen LogP contribution in [0.15, 0.2) is 18.2 Å². The Labute approximate surface area is 108 Å². The summed E-state index contributed by atoms with van der Waals surface area (Å²) in [5, 5.41) is 9.51. The third kappa shape index (κ3) is 5.10. The molecule has 0 aliphatic rings. The second-order valence-electron chi connectivity index (χ2n) is 4.01. The van der Waals surface area contributed by atoms with Gasteiger partial charge in [-0.2, -0.15) is 5.26 Å². The fourth-order valence-corrected chi connectivity index (χ4v) is 1.76. The monoisotopic (exact) mass is 251 g/mol. The van der Waals surface area contributed by atoms with Crippen molar-refractivity contribution in [3.63, 3.8) is 0 Å². The molecule has 0 N–H and O–H groups in total. The molecule has 1 aromatic rings. The highest BCUT2D eigenvalue weighted by Crippen LogP contribution is 2.22. The number of hydrogen-bond donors (Lipinski definition) is 0. The zero-order valence-electron chi connectivity index (χ0n) is 10.2. The zero-order chi connectivity index (χ0) is 12.5. The van der Waals surface area contributed by atoms with Gasteiger partial charge in [0.05, 0.1) is 12.2 Å². The van der Waals surface area contributed by atoms with Crippen molar-refractivity contribution in [2.75, 3.05) is 6.61 Å². The van der Waals surface area contributed by atoms with E-state index in [1.165, 1.54) is 25.7 Å². The van der Waals surface area contributed by atoms with Crippen molar-refractivity contribution >= 4 is 11.6 Å². The number of unbranched alkanes of at least 4 members (excludes halogenated alkanes) is 4. The van der Waals surface area contributed by atoms with Crippen LogP contribution in [0.1, 0.15) is 44.6 Å². The second kappa shape index (κ2) is 7.97.